The fourth-order valence-electron chi connectivity index (χ4n) is 2.21. The third kappa shape index (κ3) is 10.5. The second-order valence-corrected chi connectivity index (χ2v) is 10.2. The quantitative estimate of drug-likeness (QED) is 0.354. The number of unbranched alkanes of at least 4 members (excludes halogenated alkanes) is 1. The highest BCUT2D eigenvalue weighted by Gasteiger charge is 2.46. The van der Waals surface area contributed by atoms with Gasteiger partial charge in [0.25, 0.3) is 5.82 Å². The molecule has 0 aliphatic rings. The van der Waals surface area contributed by atoms with Crippen molar-refractivity contribution in [3.63, 3.8) is 0 Å². The van der Waals surface area contributed by atoms with Crippen LogP contribution in [0.4, 0.5) is 26.3 Å². The Morgan fingerprint density at radius 3 is 2.03 bits per heavy atom. The second kappa shape index (κ2) is 12.7. The first-order valence-corrected chi connectivity index (χ1v) is 12.3. The maximum absolute atomic E-state index is 11.4. The van der Waals surface area contributed by atoms with Crippen molar-refractivity contribution in [3.05, 3.63) is 22.3 Å². The van der Waals surface area contributed by atoms with Crippen LogP contribution in [0, 0.1) is 5.92 Å². The van der Waals surface area contributed by atoms with Gasteiger partial charge in [-0.3, -0.25) is 0 Å². The van der Waals surface area contributed by atoms with E-state index in [0.717, 1.165) is 36.0 Å². The van der Waals surface area contributed by atoms with Crippen LogP contribution >= 0.6 is 0 Å². The average Bonchev–Trinajstić information content (AvgIpc) is 3.08. The molecular weight excluding hydrogens is 492 g/mol. The van der Waals surface area contributed by atoms with Crippen LogP contribution < -0.4 is 4.57 Å². The summed E-state index contributed by atoms with van der Waals surface area (Å²) in [6, 6.07) is 0. The lowest BCUT2D eigenvalue weighted by Crippen LogP contribution is -2.36. The molecule has 0 saturated carbocycles. The van der Waals surface area contributed by atoms with Crippen molar-refractivity contribution < 1.29 is 52.5 Å². The summed E-state index contributed by atoms with van der Waals surface area (Å²) in [5.74, 6) is 2.10. The van der Waals surface area contributed by atoms with E-state index in [2.05, 4.69) is 29.6 Å². The smallest absolute Gasteiger partial charge is 0.421 e. The van der Waals surface area contributed by atoms with Crippen molar-refractivity contribution in [1.82, 2.24) is 4.98 Å². The van der Waals surface area contributed by atoms with Crippen LogP contribution in [0.2, 0.25) is 0 Å². The van der Waals surface area contributed by atoms with Crippen LogP contribution in [-0.4, -0.2) is 46.6 Å². The number of aromatic amines is 1. The highest BCUT2D eigenvalue weighted by Crippen LogP contribution is 2.36. The summed E-state index contributed by atoms with van der Waals surface area (Å²) < 4.78 is 117. The SMILES string of the molecule is CCCC[n+]1cc[nH]c1CCC(C)CCOC.O=S(=O)([N-]S(=O)(=O)C(F)(F)F)C(F)(F)F. The van der Waals surface area contributed by atoms with E-state index < -0.39 is 31.1 Å². The van der Waals surface area contributed by atoms with E-state index in [0.29, 0.717) is 0 Å². The number of H-pyrrole nitrogens is 1. The van der Waals surface area contributed by atoms with Gasteiger partial charge in [0.1, 0.15) is 12.4 Å². The first-order chi connectivity index (χ1) is 14.5. The van der Waals surface area contributed by atoms with Crippen molar-refractivity contribution in [1.29, 1.82) is 0 Å². The Hall–Kier alpha value is -1.39. The molecule has 0 aliphatic heterocycles. The number of ether oxygens (including phenoxy) is 1. The molecule has 0 aliphatic carbocycles. The number of nitrogens with one attached hydrogen (secondary N) is 1. The first kappa shape index (κ1) is 30.6. The number of nitrogens with zero attached hydrogens (tertiary/aromatic N) is 2. The molecule has 0 aromatic carbocycles. The lowest BCUT2D eigenvalue weighted by molar-refractivity contribution is -0.703. The van der Waals surface area contributed by atoms with Gasteiger partial charge in [-0.2, -0.15) is 26.3 Å². The molecule has 0 amide bonds. The van der Waals surface area contributed by atoms with Gasteiger partial charge in [0, 0.05) is 20.1 Å². The van der Waals surface area contributed by atoms with E-state index in [4.69, 9.17) is 4.74 Å². The molecule has 1 aromatic heterocycles. The number of aromatic nitrogens is 2. The lowest BCUT2D eigenvalue weighted by atomic mass is 10.0. The van der Waals surface area contributed by atoms with Crippen LogP contribution in [0.5, 0.6) is 0 Å². The molecule has 0 bridgehead atoms. The van der Waals surface area contributed by atoms with E-state index in [1.54, 1.807) is 7.11 Å². The Bertz CT molecular complexity index is 841. The molecule has 16 heteroatoms. The number of imidazole rings is 1. The number of hydrogen-bond donors (Lipinski definition) is 1. The Morgan fingerprint density at radius 2 is 1.59 bits per heavy atom. The summed E-state index contributed by atoms with van der Waals surface area (Å²) in [7, 11) is -11.7. The van der Waals surface area contributed by atoms with Crippen LogP contribution in [0.15, 0.2) is 12.4 Å². The normalized spacial score (nSPS) is 14.0. The number of hydrogen-bond acceptors (Lipinski definition) is 5. The summed E-state index contributed by atoms with van der Waals surface area (Å²) in [6.07, 6.45) is 10.2. The van der Waals surface area contributed by atoms with Gasteiger partial charge in [0.2, 0.25) is 0 Å². The molecular formula is C16H27F6N3O5S2. The minimum Gasteiger partial charge on any atom is -0.421 e. The standard InChI is InChI=1S/C14H26N2O.C2F6NO4S2/c1-4-5-10-16-11-9-15-14(16)7-6-13(2)8-12-17-3;3-1(4,5)14(10,11)9-15(12,13)2(6,7)8/h9,11,13H,4-8,10,12H2,1-3H3;/q;-1/p+1. The maximum atomic E-state index is 11.4. The van der Waals surface area contributed by atoms with Crippen molar-refractivity contribution in [2.24, 2.45) is 5.92 Å². The number of halogens is 6. The van der Waals surface area contributed by atoms with Crippen LogP contribution in [0.3, 0.4) is 0 Å². The maximum Gasteiger partial charge on any atom is 0.480 e. The van der Waals surface area contributed by atoms with E-state index in [1.165, 1.54) is 25.1 Å². The molecule has 1 rings (SSSR count). The monoisotopic (exact) mass is 519 g/mol. The fraction of sp³-hybridized carbons (Fsp3) is 0.812. The van der Waals surface area contributed by atoms with E-state index in [9.17, 15) is 43.2 Å². The Kier molecular flexibility index (Phi) is 12.2. The van der Waals surface area contributed by atoms with Gasteiger partial charge in [-0.15, -0.1) is 0 Å². The third-order valence-electron chi connectivity index (χ3n) is 4.07. The average molecular weight is 520 g/mol. The Morgan fingerprint density at radius 1 is 1.06 bits per heavy atom. The molecule has 32 heavy (non-hydrogen) atoms. The van der Waals surface area contributed by atoms with Gasteiger partial charge in [-0.1, -0.05) is 20.3 Å². The third-order valence-corrected chi connectivity index (χ3v) is 6.81. The predicted octanol–water partition coefficient (Wildman–Crippen LogP) is 3.77. The summed E-state index contributed by atoms with van der Waals surface area (Å²) >= 11 is 0. The number of rotatable bonds is 11. The summed E-state index contributed by atoms with van der Waals surface area (Å²) in [5, 5.41) is 0. The van der Waals surface area contributed by atoms with Crippen molar-refractivity contribution >= 4 is 20.0 Å². The molecule has 0 radical (unpaired) electrons. The van der Waals surface area contributed by atoms with Crippen molar-refractivity contribution in [2.75, 3.05) is 13.7 Å². The van der Waals surface area contributed by atoms with Gasteiger partial charge < -0.3 is 8.86 Å². The van der Waals surface area contributed by atoms with Gasteiger partial charge in [0.15, 0.2) is 20.0 Å². The molecule has 1 unspecified atom stereocenters. The van der Waals surface area contributed by atoms with Crippen LogP contribution in [0.1, 0.15) is 45.4 Å². The number of alkyl halides is 6. The molecule has 0 fully saturated rings. The van der Waals surface area contributed by atoms with Gasteiger partial charge in [-0.05, 0) is 25.2 Å². The van der Waals surface area contributed by atoms with E-state index in [1.807, 2.05) is 6.20 Å². The zero-order valence-electron chi connectivity index (χ0n) is 17.7. The van der Waals surface area contributed by atoms with E-state index >= 15 is 0 Å². The summed E-state index contributed by atoms with van der Waals surface area (Å²) in [4.78, 5) is 3.36. The second-order valence-electron chi connectivity index (χ2n) is 6.80. The molecule has 190 valence electrons. The molecule has 1 atom stereocenters. The highest BCUT2D eigenvalue weighted by atomic mass is 32.3. The minimum absolute atomic E-state index is 0.734. The predicted molar refractivity (Wildman–Crippen MR) is 103 cm³/mol. The number of aryl methyl sites for hydroxylation is 2. The largest absolute Gasteiger partial charge is 0.480 e. The lowest BCUT2D eigenvalue weighted by Gasteiger charge is -2.22. The molecule has 0 saturated heterocycles. The van der Waals surface area contributed by atoms with Gasteiger partial charge in [-0.25, -0.2) is 26.4 Å². The molecule has 1 aromatic rings. The van der Waals surface area contributed by atoms with Crippen molar-refractivity contribution in [2.45, 2.75) is 63.5 Å². The molecule has 1 heterocycles. The van der Waals surface area contributed by atoms with Crippen LogP contribution in [0.25, 0.3) is 4.13 Å². The highest BCUT2D eigenvalue weighted by molar-refractivity contribution is 8.13. The Labute approximate surface area is 183 Å². The summed E-state index contributed by atoms with van der Waals surface area (Å²) in [6.45, 7) is 6.56. The zero-order valence-corrected chi connectivity index (χ0v) is 19.3. The minimum atomic E-state index is -6.72. The number of sulfonamides is 2. The molecule has 1 N–H and O–H groups in total. The first-order valence-electron chi connectivity index (χ1n) is 9.40. The topological polar surface area (TPSA) is 111 Å². The van der Waals surface area contributed by atoms with Gasteiger partial charge in [0.05, 0.1) is 6.54 Å². The van der Waals surface area contributed by atoms with Gasteiger partial charge >= 0.3 is 11.0 Å². The Balaban J connectivity index is 0.000000607. The fourth-order valence-corrected chi connectivity index (χ4v) is 3.92. The molecule has 8 nitrogen and oxygen atoms in total. The van der Waals surface area contributed by atoms with Crippen LogP contribution in [-0.2, 0) is 37.7 Å². The number of methoxy groups -OCH3 is 1. The van der Waals surface area contributed by atoms with E-state index in [-0.39, 0.29) is 0 Å². The zero-order chi connectivity index (χ0) is 25.2. The van der Waals surface area contributed by atoms with Crippen molar-refractivity contribution in [3.8, 4) is 0 Å². The summed E-state index contributed by atoms with van der Waals surface area (Å²) in [5.41, 5.74) is -12.4. The molecule has 0 spiro atoms.